The number of benzene rings is 2. The predicted octanol–water partition coefficient (Wildman–Crippen LogP) is 4.46. The van der Waals surface area contributed by atoms with Gasteiger partial charge in [-0.15, -0.1) is 16.4 Å². The lowest BCUT2D eigenvalue weighted by atomic mass is 10.0. The zero-order valence-corrected chi connectivity index (χ0v) is 18.1. The van der Waals surface area contributed by atoms with Gasteiger partial charge in [0.25, 0.3) is 11.8 Å². The van der Waals surface area contributed by atoms with E-state index in [1.807, 2.05) is 60.7 Å². The van der Waals surface area contributed by atoms with Gasteiger partial charge in [-0.25, -0.2) is 4.99 Å². The lowest BCUT2D eigenvalue weighted by molar-refractivity contribution is -0.116. The van der Waals surface area contributed by atoms with Gasteiger partial charge >= 0.3 is 6.01 Å². The summed E-state index contributed by atoms with van der Waals surface area (Å²) >= 11 is 1.55. The van der Waals surface area contributed by atoms with Crippen LogP contribution in [0.2, 0.25) is 0 Å². The Bertz CT molecular complexity index is 1410. The molecule has 0 radical (unpaired) electrons. The van der Waals surface area contributed by atoms with Crippen molar-refractivity contribution in [2.24, 2.45) is 4.99 Å². The van der Waals surface area contributed by atoms with Gasteiger partial charge in [-0.05, 0) is 12.1 Å². The fraction of sp³-hybridized carbons (Fsp3) is 0.0833. The molecule has 2 aromatic carbocycles. The molecule has 0 spiro atoms. The first kappa shape index (κ1) is 19.4. The average molecular weight is 455 g/mol. The Morgan fingerprint density at radius 2 is 1.91 bits per heavy atom. The number of nitrogens with zero attached hydrogens (tertiary/aromatic N) is 3. The summed E-state index contributed by atoms with van der Waals surface area (Å²) in [4.78, 5) is 18.6. The smallest absolute Gasteiger partial charge is 0.317 e. The minimum absolute atomic E-state index is 0.127. The molecule has 0 saturated carbocycles. The van der Waals surface area contributed by atoms with Crippen LogP contribution in [-0.4, -0.2) is 34.5 Å². The van der Waals surface area contributed by atoms with Gasteiger partial charge in [-0.2, -0.15) is 0 Å². The molecule has 0 bridgehead atoms. The third kappa shape index (κ3) is 3.68. The maximum atomic E-state index is 13.0. The Morgan fingerprint density at radius 3 is 2.79 bits per heavy atom. The number of carbonyl (C=O) groups is 1. The number of hydrogen-bond acceptors (Lipinski definition) is 8. The van der Waals surface area contributed by atoms with Gasteiger partial charge in [0.1, 0.15) is 0 Å². The topological polar surface area (TPSA) is 104 Å². The molecule has 162 valence electrons. The molecule has 0 aliphatic carbocycles. The summed E-state index contributed by atoms with van der Waals surface area (Å²) in [6, 6.07) is 19.5. The number of para-hydroxylation sites is 1. The minimum atomic E-state index is -0.943. The molecule has 3 N–H and O–H groups in total. The molecule has 4 heterocycles. The van der Waals surface area contributed by atoms with Crippen molar-refractivity contribution in [3.63, 3.8) is 0 Å². The van der Waals surface area contributed by atoms with Crippen LogP contribution in [0.25, 0.3) is 16.8 Å². The van der Waals surface area contributed by atoms with E-state index in [1.54, 1.807) is 11.3 Å². The molecule has 33 heavy (non-hydrogen) atoms. The van der Waals surface area contributed by atoms with Crippen molar-refractivity contribution in [3.8, 4) is 10.8 Å². The summed E-state index contributed by atoms with van der Waals surface area (Å²) < 4.78 is 5.83. The Hall–Kier alpha value is -4.24. The van der Waals surface area contributed by atoms with E-state index in [4.69, 9.17) is 9.41 Å². The van der Waals surface area contributed by atoms with Gasteiger partial charge in [-0.1, -0.05) is 65.8 Å². The summed E-state index contributed by atoms with van der Waals surface area (Å²) in [6.45, 7) is 0.796. The molecule has 2 aliphatic rings. The van der Waals surface area contributed by atoms with Gasteiger partial charge in [0, 0.05) is 23.2 Å². The Morgan fingerprint density at radius 1 is 1.06 bits per heavy atom. The number of nitrogens with one attached hydrogen (secondary N) is 3. The molecule has 2 aromatic heterocycles. The highest BCUT2D eigenvalue weighted by atomic mass is 32.1. The summed E-state index contributed by atoms with van der Waals surface area (Å²) in [6.07, 6.45) is 3.18. The molecular weight excluding hydrogens is 436 g/mol. The molecule has 6 rings (SSSR count). The van der Waals surface area contributed by atoms with Crippen LogP contribution in [0, 0.1) is 0 Å². The number of thiophene rings is 1. The van der Waals surface area contributed by atoms with Crippen molar-refractivity contribution in [2.45, 2.75) is 6.17 Å². The Labute approximate surface area is 193 Å². The Balaban J connectivity index is 1.33. The lowest BCUT2D eigenvalue weighted by Crippen LogP contribution is -2.32. The second-order valence-corrected chi connectivity index (χ2v) is 8.57. The van der Waals surface area contributed by atoms with E-state index in [0.717, 1.165) is 33.1 Å². The van der Waals surface area contributed by atoms with Crippen LogP contribution in [0.5, 0.6) is 0 Å². The normalized spacial score (nSPS) is 16.7. The van der Waals surface area contributed by atoms with E-state index in [2.05, 4.69) is 38.3 Å². The average Bonchev–Trinajstić information content (AvgIpc) is 3.46. The molecule has 8 nitrogen and oxygen atoms in total. The third-order valence-electron chi connectivity index (χ3n) is 5.33. The second kappa shape index (κ2) is 8.03. The van der Waals surface area contributed by atoms with Crippen LogP contribution in [-0.2, 0) is 4.79 Å². The molecule has 1 unspecified atom stereocenters. The van der Waals surface area contributed by atoms with Gasteiger partial charge in [0.2, 0.25) is 6.17 Å². The zero-order valence-electron chi connectivity index (χ0n) is 17.3. The number of carbonyl (C=O) groups excluding carboxylic acids is 1. The van der Waals surface area contributed by atoms with E-state index in [1.165, 1.54) is 0 Å². The van der Waals surface area contributed by atoms with E-state index < -0.39 is 6.17 Å². The largest absolute Gasteiger partial charge is 0.402 e. The van der Waals surface area contributed by atoms with Gasteiger partial charge < -0.3 is 20.4 Å². The second-order valence-electron chi connectivity index (χ2n) is 7.52. The van der Waals surface area contributed by atoms with E-state index in [0.29, 0.717) is 17.3 Å². The van der Waals surface area contributed by atoms with Crippen LogP contribution in [0.3, 0.4) is 0 Å². The SMILES string of the molecule is O=C1Nc2ccccc2C(c2ccccc2)=NC1Nc1nnc(-c2cc3c(s2)NCC=C3)o1. The third-order valence-corrected chi connectivity index (χ3v) is 6.43. The fourth-order valence-corrected chi connectivity index (χ4v) is 4.76. The standard InChI is InChI=1S/C24H18N6O2S/c31-21-20(27-19(14-7-2-1-3-8-14)16-10-4-5-11-17(16)26-21)28-24-30-29-22(32-24)18-13-15-9-6-12-25-23(15)33-18/h1-11,13,20,25H,12H2,(H,26,31)(H,28,30). The molecule has 1 atom stereocenters. The number of benzodiazepines with no additional fused rings is 1. The fourth-order valence-electron chi connectivity index (χ4n) is 3.79. The lowest BCUT2D eigenvalue weighted by Gasteiger charge is -2.11. The monoisotopic (exact) mass is 454 g/mol. The van der Waals surface area contributed by atoms with E-state index >= 15 is 0 Å². The maximum absolute atomic E-state index is 13.0. The highest BCUT2D eigenvalue weighted by molar-refractivity contribution is 7.19. The first-order valence-electron chi connectivity index (χ1n) is 10.4. The quantitative estimate of drug-likeness (QED) is 0.420. The Kier molecular flexibility index (Phi) is 4.73. The van der Waals surface area contributed by atoms with Crippen LogP contribution >= 0.6 is 11.3 Å². The first-order valence-corrected chi connectivity index (χ1v) is 11.2. The summed E-state index contributed by atoms with van der Waals surface area (Å²) in [5.41, 5.74) is 4.24. The molecular formula is C24H18N6O2S. The minimum Gasteiger partial charge on any atom is -0.402 e. The molecule has 0 fully saturated rings. The van der Waals surface area contributed by atoms with Crippen LogP contribution in [0.1, 0.15) is 16.7 Å². The first-order chi connectivity index (χ1) is 16.2. The van der Waals surface area contributed by atoms with Crippen molar-refractivity contribution in [3.05, 3.63) is 83.4 Å². The summed E-state index contributed by atoms with van der Waals surface area (Å²) in [5.74, 6) is 0.0748. The highest BCUT2D eigenvalue weighted by Crippen LogP contribution is 2.37. The molecule has 2 aliphatic heterocycles. The summed E-state index contributed by atoms with van der Waals surface area (Å²) in [5, 5.41) is 18.6. The number of amides is 1. The molecule has 4 aromatic rings. The maximum Gasteiger partial charge on any atom is 0.317 e. The van der Waals surface area contributed by atoms with Crippen LogP contribution < -0.4 is 16.0 Å². The van der Waals surface area contributed by atoms with Crippen molar-refractivity contribution in [1.82, 2.24) is 10.2 Å². The van der Waals surface area contributed by atoms with Crippen molar-refractivity contribution >= 4 is 45.7 Å². The van der Waals surface area contributed by atoms with Gasteiger partial charge in [0.15, 0.2) is 0 Å². The van der Waals surface area contributed by atoms with E-state index in [-0.39, 0.29) is 11.9 Å². The van der Waals surface area contributed by atoms with Crippen molar-refractivity contribution < 1.29 is 9.21 Å². The number of anilines is 3. The van der Waals surface area contributed by atoms with Crippen LogP contribution in [0.15, 0.2) is 76.1 Å². The highest BCUT2D eigenvalue weighted by Gasteiger charge is 2.27. The number of rotatable bonds is 4. The summed E-state index contributed by atoms with van der Waals surface area (Å²) in [7, 11) is 0. The zero-order chi connectivity index (χ0) is 22.2. The number of aliphatic imine (C=N–C) groups is 1. The van der Waals surface area contributed by atoms with Gasteiger partial charge in [-0.3, -0.25) is 4.79 Å². The van der Waals surface area contributed by atoms with Crippen molar-refractivity contribution in [2.75, 3.05) is 22.5 Å². The number of aromatic nitrogens is 2. The molecule has 1 amide bonds. The number of hydrogen-bond donors (Lipinski definition) is 3. The number of fused-ring (bicyclic) bond motifs is 2. The van der Waals surface area contributed by atoms with E-state index in [9.17, 15) is 4.79 Å². The molecule has 0 saturated heterocycles. The van der Waals surface area contributed by atoms with Crippen molar-refractivity contribution in [1.29, 1.82) is 0 Å². The van der Waals surface area contributed by atoms with Crippen LogP contribution in [0.4, 0.5) is 16.7 Å². The van der Waals surface area contributed by atoms with Gasteiger partial charge in [0.05, 0.1) is 21.3 Å². The predicted molar refractivity (Wildman–Crippen MR) is 130 cm³/mol. The molecule has 9 heteroatoms.